The maximum absolute atomic E-state index is 12.7. The molecule has 0 radical (unpaired) electrons. The van der Waals surface area contributed by atoms with Crippen molar-refractivity contribution in [2.24, 2.45) is 0 Å². The molecule has 5 nitrogen and oxygen atoms in total. The Bertz CT molecular complexity index is 458. The van der Waals surface area contributed by atoms with Crippen molar-refractivity contribution in [1.29, 1.82) is 0 Å². The van der Waals surface area contributed by atoms with Crippen molar-refractivity contribution in [3.8, 4) is 0 Å². The highest BCUT2D eigenvalue weighted by atomic mass is 32.1. The normalized spacial score (nSPS) is 20.5. The Morgan fingerprint density at radius 3 is 2.80 bits per heavy atom. The Morgan fingerprint density at radius 2 is 2.10 bits per heavy atom. The topological polar surface area (TPSA) is 58.1 Å². The highest BCUT2D eigenvalue weighted by Gasteiger charge is 2.30. The van der Waals surface area contributed by atoms with E-state index in [1.807, 2.05) is 11.9 Å². The summed E-state index contributed by atoms with van der Waals surface area (Å²) in [5.74, 6) is 0.0665. The summed E-state index contributed by atoms with van der Waals surface area (Å²) < 4.78 is 3.99. The van der Waals surface area contributed by atoms with Crippen LogP contribution in [0.1, 0.15) is 55.4 Å². The standard InChI is InChI=1S/C14H24N4OS/c1-14(2,3)12-11(20-17-16-12)13(19)18(4)10-6-5-8-15-9-7-10/h10,15H,5-9H2,1-4H3. The first-order valence-electron chi connectivity index (χ1n) is 7.22. The minimum absolute atomic E-state index is 0.0665. The first kappa shape index (κ1) is 15.4. The van der Waals surface area contributed by atoms with E-state index in [9.17, 15) is 4.79 Å². The fraction of sp³-hybridized carbons (Fsp3) is 0.786. The van der Waals surface area contributed by atoms with Crippen molar-refractivity contribution in [2.75, 3.05) is 20.1 Å². The molecule has 0 saturated carbocycles. The van der Waals surface area contributed by atoms with E-state index in [1.54, 1.807) is 0 Å². The Kier molecular flexibility index (Phi) is 4.75. The zero-order valence-corrected chi connectivity index (χ0v) is 13.6. The van der Waals surface area contributed by atoms with E-state index in [1.165, 1.54) is 11.5 Å². The Morgan fingerprint density at radius 1 is 1.35 bits per heavy atom. The Labute approximate surface area is 124 Å². The zero-order valence-electron chi connectivity index (χ0n) is 12.8. The predicted octanol–water partition coefficient (Wildman–Crippen LogP) is 2.05. The first-order valence-corrected chi connectivity index (χ1v) is 7.99. The quantitative estimate of drug-likeness (QED) is 0.907. The highest BCUT2D eigenvalue weighted by molar-refractivity contribution is 7.08. The van der Waals surface area contributed by atoms with Crippen LogP contribution in [0.3, 0.4) is 0 Å². The highest BCUT2D eigenvalue weighted by Crippen LogP contribution is 2.27. The molecule has 0 aliphatic carbocycles. The average Bonchev–Trinajstić information content (AvgIpc) is 2.73. The first-order chi connectivity index (χ1) is 9.41. The number of carbonyl (C=O) groups excluding carboxylic acids is 1. The van der Waals surface area contributed by atoms with Crippen LogP contribution in [0.4, 0.5) is 0 Å². The van der Waals surface area contributed by atoms with Gasteiger partial charge in [0.25, 0.3) is 5.91 Å². The summed E-state index contributed by atoms with van der Waals surface area (Å²) >= 11 is 1.21. The summed E-state index contributed by atoms with van der Waals surface area (Å²) in [4.78, 5) is 15.3. The predicted molar refractivity (Wildman–Crippen MR) is 81.2 cm³/mol. The van der Waals surface area contributed by atoms with Gasteiger partial charge in [0.2, 0.25) is 0 Å². The fourth-order valence-electron chi connectivity index (χ4n) is 2.54. The number of hydrogen-bond acceptors (Lipinski definition) is 5. The third kappa shape index (κ3) is 3.35. The molecule has 1 unspecified atom stereocenters. The van der Waals surface area contributed by atoms with E-state index >= 15 is 0 Å². The second kappa shape index (κ2) is 6.18. The number of hydrogen-bond donors (Lipinski definition) is 1. The van der Waals surface area contributed by atoms with Crippen LogP contribution in [0.5, 0.6) is 0 Å². The van der Waals surface area contributed by atoms with Gasteiger partial charge in [-0.1, -0.05) is 25.3 Å². The molecule has 112 valence electrons. The SMILES string of the molecule is CN(C(=O)c1snnc1C(C)(C)C)C1CCCNCC1. The van der Waals surface area contributed by atoms with Gasteiger partial charge in [0.1, 0.15) is 4.88 Å². The second-order valence-electron chi connectivity index (χ2n) is 6.45. The number of nitrogens with zero attached hydrogens (tertiary/aromatic N) is 3. The molecule has 1 saturated heterocycles. The number of aromatic nitrogens is 2. The summed E-state index contributed by atoms with van der Waals surface area (Å²) in [6.07, 6.45) is 3.20. The maximum Gasteiger partial charge on any atom is 0.267 e. The lowest BCUT2D eigenvalue weighted by Gasteiger charge is -2.27. The zero-order chi connectivity index (χ0) is 14.8. The lowest BCUT2D eigenvalue weighted by atomic mass is 9.91. The van der Waals surface area contributed by atoms with Crippen molar-refractivity contribution < 1.29 is 4.79 Å². The minimum Gasteiger partial charge on any atom is -0.338 e. The van der Waals surface area contributed by atoms with Crippen molar-refractivity contribution >= 4 is 17.4 Å². The third-order valence-corrected chi connectivity index (χ3v) is 4.52. The molecule has 6 heteroatoms. The fourth-order valence-corrected chi connectivity index (χ4v) is 3.40. The summed E-state index contributed by atoms with van der Waals surface area (Å²) in [6.45, 7) is 8.23. The van der Waals surface area contributed by atoms with Crippen LogP contribution in [0.25, 0.3) is 0 Å². The molecule has 1 aliphatic heterocycles. The van der Waals surface area contributed by atoms with Gasteiger partial charge in [-0.05, 0) is 43.9 Å². The molecule has 20 heavy (non-hydrogen) atoms. The van der Waals surface area contributed by atoms with E-state index in [0.717, 1.165) is 38.0 Å². The minimum atomic E-state index is -0.149. The molecular weight excluding hydrogens is 272 g/mol. The van der Waals surface area contributed by atoms with Gasteiger partial charge in [-0.3, -0.25) is 4.79 Å². The molecule has 1 atom stereocenters. The van der Waals surface area contributed by atoms with Crippen LogP contribution in [0.2, 0.25) is 0 Å². The number of amides is 1. The molecule has 1 N–H and O–H groups in total. The molecule has 0 aromatic carbocycles. The van der Waals surface area contributed by atoms with E-state index in [2.05, 4.69) is 35.7 Å². The summed E-state index contributed by atoms with van der Waals surface area (Å²) in [5.41, 5.74) is 0.662. The molecule has 0 spiro atoms. The van der Waals surface area contributed by atoms with Gasteiger partial charge in [0.05, 0.1) is 5.69 Å². The van der Waals surface area contributed by atoms with Crippen LogP contribution >= 0.6 is 11.5 Å². The lowest BCUT2D eigenvalue weighted by Crippen LogP contribution is -2.38. The monoisotopic (exact) mass is 296 g/mol. The lowest BCUT2D eigenvalue weighted by molar-refractivity contribution is 0.0722. The molecule has 2 heterocycles. The van der Waals surface area contributed by atoms with Crippen molar-refractivity contribution in [3.63, 3.8) is 0 Å². The van der Waals surface area contributed by atoms with E-state index in [0.29, 0.717) is 10.9 Å². The molecule has 1 aromatic rings. The Balaban J connectivity index is 2.16. The molecule has 1 fully saturated rings. The smallest absolute Gasteiger partial charge is 0.267 e. The van der Waals surface area contributed by atoms with Crippen LogP contribution in [0, 0.1) is 0 Å². The Hall–Kier alpha value is -1.01. The summed E-state index contributed by atoms with van der Waals surface area (Å²) in [5, 5.41) is 7.54. The molecule has 1 aromatic heterocycles. The van der Waals surface area contributed by atoms with E-state index < -0.39 is 0 Å². The van der Waals surface area contributed by atoms with Gasteiger partial charge in [-0.15, -0.1) is 5.10 Å². The van der Waals surface area contributed by atoms with Crippen LogP contribution in [-0.2, 0) is 5.41 Å². The number of nitrogens with one attached hydrogen (secondary N) is 1. The molecule has 2 rings (SSSR count). The van der Waals surface area contributed by atoms with Crippen molar-refractivity contribution in [2.45, 2.75) is 51.5 Å². The van der Waals surface area contributed by atoms with Gasteiger partial charge in [-0.25, -0.2) is 0 Å². The molecule has 0 bridgehead atoms. The summed E-state index contributed by atoms with van der Waals surface area (Å²) in [6, 6.07) is 0.312. The summed E-state index contributed by atoms with van der Waals surface area (Å²) in [7, 11) is 1.91. The van der Waals surface area contributed by atoms with Crippen molar-refractivity contribution in [1.82, 2.24) is 19.8 Å². The van der Waals surface area contributed by atoms with Gasteiger partial charge < -0.3 is 10.2 Å². The molecule has 1 amide bonds. The number of rotatable bonds is 2. The third-order valence-electron chi connectivity index (χ3n) is 3.81. The number of carbonyl (C=O) groups is 1. The van der Waals surface area contributed by atoms with E-state index in [4.69, 9.17) is 0 Å². The van der Waals surface area contributed by atoms with Crippen LogP contribution in [0.15, 0.2) is 0 Å². The maximum atomic E-state index is 12.7. The van der Waals surface area contributed by atoms with Gasteiger partial charge >= 0.3 is 0 Å². The molecule has 1 aliphatic rings. The van der Waals surface area contributed by atoms with Gasteiger partial charge in [0.15, 0.2) is 0 Å². The van der Waals surface area contributed by atoms with Gasteiger partial charge in [0, 0.05) is 18.5 Å². The largest absolute Gasteiger partial charge is 0.338 e. The van der Waals surface area contributed by atoms with E-state index in [-0.39, 0.29) is 11.3 Å². The molecular formula is C14H24N4OS. The van der Waals surface area contributed by atoms with Crippen molar-refractivity contribution in [3.05, 3.63) is 10.6 Å². The average molecular weight is 296 g/mol. The van der Waals surface area contributed by atoms with Crippen LogP contribution < -0.4 is 5.32 Å². The van der Waals surface area contributed by atoms with Crippen LogP contribution in [-0.4, -0.2) is 46.6 Å². The van der Waals surface area contributed by atoms with Gasteiger partial charge in [-0.2, -0.15) is 0 Å². The second-order valence-corrected chi connectivity index (χ2v) is 7.21.